The molecule has 0 bridgehead atoms. The quantitative estimate of drug-likeness (QED) is 0.339. The second kappa shape index (κ2) is 10.5. The predicted molar refractivity (Wildman–Crippen MR) is 128 cm³/mol. The zero-order chi connectivity index (χ0) is 25.2. The van der Waals surface area contributed by atoms with E-state index in [-0.39, 0.29) is 42.3 Å². The molecule has 1 N–H and O–H groups in total. The molecule has 0 aliphatic carbocycles. The maximum Gasteiger partial charge on any atom is 0.295 e. The molecule has 0 aromatic heterocycles. The number of carbonyl (C=O) groups excluding carboxylic acids is 2. The Bertz CT molecular complexity index is 1240. The Hall–Kier alpha value is -2.76. The van der Waals surface area contributed by atoms with Crippen LogP contribution in [0.3, 0.4) is 0 Å². The van der Waals surface area contributed by atoms with E-state index in [0.717, 1.165) is 0 Å². The fraction of sp³-hybridized carbons (Fsp3) is 0.333. The van der Waals surface area contributed by atoms with Crippen LogP contribution in [0.4, 0.5) is 0 Å². The smallest absolute Gasteiger partial charge is 0.295 e. The van der Waals surface area contributed by atoms with Crippen LogP contribution in [-0.4, -0.2) is 81.0 Å². The molecule has 0 spiro atoms. The number of morpholine rings is 1. The Balaban J connectivity index is 1.73. The first-order chi connectivity index (χ1) is 16.8. The van der Waals surface area contributed by atoms with Gasteiger partial charge in [-0.25, -0.2) is 8.42 Å². The molecule has 2 aromatic carbocycles. The molecule has 2 fully saturated rings. The van der Waals surface area contributed by atoms with Gasteiger partial charge in [0, 0.05) is 37.3 Å². The first-order valence-electron chi connectivity index (χ1n) is 11.0. The molecule has 186 valence electrons. The maximum atomic E-state index is 13.0. The number of hydrogen-bond acceptors (Lipinski definition) is 7. The van der Waals surface area contributed by atoms with Gasteiger partial charge in [-0.3, -0.25) is 9.59 Å². The van der Waals surface area contributed by atoms with Crippen molar-refractivity contribution in [2.45, 2.75) is 10.9 Å². The Labute approximate surface area is 208 Å². The van der Waals surface area contributed by atoms with Gasteiger partial charge in [-0.1, -0.05) is 23.7 Å². The average molecular weight is 521 g/mol. The minimum absolute atomic E-state index is 0.0609. The molecule has 2 aliphatic rings. The van der Waals surface area contributed by atoms with Gasteiger partial charge in [0.15, 0.2) is 0 Å². The molecule has 1 amide bonds. The molecule has 0 radical (unpaired) electrons. The van der Waals surface area contributed by atoms with Gasteiger partial charge < -0.3 is 19.5 Å². The highest BCUT2D eigenvalue weighted by Crippen LogP contribution is 2.39. The van der Waals surface area contributed by atoms with E-state index in [1.807, 2.05) is 0 Å². The summed E-state index contributed by atoms with van der Waals surface area (Å²) in [5.74, 6) is -1.97. The molecule has 2 aromatic rings. The highest BCUT2D eigenvalue weighted by atomic mass is 35.5. The van der Waals surface area contributed by atoms with Crippen LogP contribution < -0.4 is 0 Å². The summed E-state index contributed by atoms with van der Waals surface area (Å²) >= 11 is 6.01. The Kier molecular flexibility index (Phi) is 7.58. The van der Waals surface area contributed by atoms with Crippen molar-refractivity contribution in [3.63, 3.8) is 0 Å². The van der Waals surface area contributed by atoms with Crippen LogP contribution in [0.1, 0.15) is 17.2 Å². The zero-order valence-electron chi connectivity index (χ0n) is 19.0. The minimum atomic E-state index is -3.72. The van der Waals surface area contributed by atoms with Gasteiger partial charge in [-0.2, -0.15) is 4.31 Å². The number of aliphatic hydroxyl groups excluding tert-OH is 1. The van der Waals surface area contributed by atoms with E-state index in [1.165, 1.54) is 40.6 Å². The third-order valence-electron chi connectivity index (χ3n) is 6.00. The average Bonchev–Trinajstić information content (AvgIpc) is 3.13. The highest BCUT2D eigenvalue weighted by Gasteiger charge is 2.45. The molecule has 2 heterocycles. The molecular weight excluding hydrogens is 496 g/mol. The van der Waals surface area contributed by atoms with Crippen molar-refractivity contribution in [3.8, 4) is 0 Å². The predicted octanol–water partition coefficient (Wildman–Crippen LogP) is 2.43. The molecule has 35 heavy (non-hydrogen) atoms. The second-order valence-electron chi connectivity index (χ2n) is 8.08. The Morgan fingerprint density at radius 3 is 2.31 bits per heavy atom. The summed E-state index contributed by atoms with van der Waals surface area (Å²) in [6, 6.07) is 11.4. The van der Waals surface area contributed by atoms with Crippen molar-refractivity contribution in [2.24, 2.45) is 0 Å². The number of methoxy groups -OCH3 is 1. The van der Waals surface area contributed by atoms with Crippen molar-refractivity contribution in [3.05, 3.63) is 70.3 Å². The molecule has 9 nitrogen and oxygen atoms in total. The summed E-state index contributed by atoms with van der Waals surface area (Å²) in [4.78, 5) is 27.2. The lowest BCUT2D eigenvalue weighted by Crippen LogP contribution is -2.40. The number of aliphatic hydroxyl groups is 1. The van der Waals surface area contributed by atoms with Crippen molar-refractivity contribution >= 4 is 39.1 Å². The SMILES string of the molecule is COCCN1C(=O)C(=O)/C(=C(\O)c2ccc(S(=O)(=O)N3CCOCC3)cc2)C1c1ccc(Cl)cc1. The summed E-state index contributed by atoms with van der Waals surface area (Å²) < 4.78 is 37.4. The monoisotopic (exact) mass is 520 g/mol. The number of ether oxygens (including phenoxy) is 2. The molecule has 2 aliphatic heterocycles. The highest BCUT2D eigenvalue weighted by molar-refractivity contribution is 7.89. The van der Waals surface area contributed by atoms with E-state index in [1.54, 1.807) is 24.3 Å². The van der Waals surface area contributed by atoms with Crippen LogP contribution >= 0.6 is 11.6 Å². The van der Waals surface area contributed by atoms with Crippen molar-refractivity contribution in [2.75, 3.05) is 46.6 Å². The van der Waals surface area contributed by atoms with Crippen LogP contribution in [0.2, 0.25) is 5.02 Å². The van der Waals surface area contributed by atoms with E-state index in [9.17, 15) is 23.1 Å². The standard InChI is InChI=1S/C24H25ClN2O7S/c1-33-13-12-27-21(16-2-6-18(25)7-3-16)20(23(29)24(27)30)22(28)17-4-8-19(9-5-17)35(31,32)26-10-14-34-15-11-26/h2-9,21,28H,10-15H2,1H3/b22-20-. The van der Waals surface area contributed by atoms with E-state index in [2.05, 4.69) is 0 Å². The zero-order valence-corrected chi connectivity index (χ0v) is 20.6. The van der Waals surface area contributed by atoms with Crippen molar-refractivity contribution < 1.29 is 32.6 Å². The summed E-state index contributed by atoms with van der Waals surface area (Å²) in [5, 5.41) is 11.6. The van der Waals surface area contributed by atoms with Gasteiger partial charge in [0.25, 0.3) is 11.7 Å². The molecule has 0 saturated carbocycles. The summed E-state index contributed by atoms with van der Waals surface area (Å²) in [5.41, 5.74) is 0.726. The van der Waals surface area contributed by atoms with E-state index in [4.69, 9.17) is 21.1 Å². The first-order valence-corrected chi connectivity index (χ1v) is 12.8. The van der Waals surface area contributed by atoms with Crippen LogP contribution in [0.5, 0.6) is 0 Å². The van der Waals surface area contributed by atoms with Gasteiger partial charge >= 0.3 is 0 Å². The van der Waals surface area contributed by atoms with Gasteiger partial charge in [-0.15, -0.1) is 0 Å². The number of rotatable bonds is 7. The number of halogens is 1. The lowest BCUT2D eigenvalue weighted by atomic mass is 9.95. The lowest BCUT2D eigenvalue weighted by molar-refractivity contribution is -0.140. The number of ketones is 1. The summed E-state index contributed by atoms with van der Waals surface area (Å²) in [7, 11) is -2.23. The van der Waals surface area contributed by atoms with Gasteiger partial charge in [0.2, 0.25) is 10.0 Å². The van der Waals surface area contributed by atoms with E-state index < -0.39 is 33.5 Å². The Morgan fingerprint density at radius 2 is 1.71 bits per heavy atom. The largest absolute Gasteiger partial charge is 0.507 e. The van der Waals surface area contributed by atoms with Gasteiger partial charge in [0.1, 0.15) is 5.76 Å². The maximum absolute atomic E-state index is 13.0. The number of hydrogen-bond donors (Lipinski definition) is 1. The van der Waals surface area contributed by atoms with Gasteiger partial charge in [-0.05, 0) is 42.0 Å². The number of Topliss-reactive ketones (excluding diaryl/α,β-unsaturated/α-hetero) is 1. The third-order valence-corrected chi connectivity index (χ3v) is 8.16. The number of sulfonamides is 1. The van der Waals surface area contributed by atoms with Crippen LogP contribution in [0.25, 0.3) is 5.76 Å². The van der Waals surface area contributed by atoms with Crippen molar-refractivity contribution in [1.82, 2.24) is 9.21 Å². The van der Waals surface area contributed by atoms with E-state index >= 15 is 0 Å². The molecule has 2 saturated heterocycles. The Morgan fingerprint density at radius 1 is 1.09 bits per heavy atom. The second-order valence-corrected chi connectivity index (χ2v) is 10.5. The number of benzene rings is 2. The summed E-state index contributed by atoms with van der Waals surface area (Å²) in [6.45, 7) is 1.51. The lowest BCUT2D eigenvalue weighted by Gasteiger charge is -2.26. The molecule has 1 atom stereocenters. The minimum Gasteiger partial charge on any atom is -0.507 e. The van der Waals surface area contributed by atoms with Crippen LogP contribution in [0, 0.1) is 0 Å². The number of nitrogens with zero attached hydrogens (tertiary/aromatic N) is 2. The number of amides is 1. The topological polar surface area (TPSA) is 113 Å². The first kappa shape index (κ1) is 25.3. The molecule has 4 rings (SSSR count). The number of likely N-dealkylation sites (tertiary alicyclic amines) is 1. The normalized spacial score (nSPS) is 21.0. The number of carbonyl (C=O) groups is 2. The fourth-order valence-electron chi connectivity index (χ4n) is 4.17. The van der Waals surface area contributed by atoms with Crippen LogP contribution in [0.15, 0.2) is 59.0 Å². The summed E-state index contributed by atoms with van der Waals surface area (Å²) in [6.07, 6.45) is 0. The molecule has 1 unspecified atom stereocenters. The fourth-order valence-corrected chi connectivity index (χ4v) is 5.70. The molecular formula is C24H25ClN2O7S. The van der Waals surface area contributed by atoms with Gasteiger partial charge in [0.05, 0.1) is 36.3 Å². The molecule has 11 heteroatoms. The third kappa shape index (κ3) is 4.98. The van der Waals surface area contributed by atoms with E-state index in [0.29, 0.717) is 23.8 Å². The van der Waals surface area contributed by atoms with Crippen LogP contribution in [-0.2, 0) is 29.1 Å². The van der Waals surface area contributed by atoms with Crippen molar-refractivity contribution in [1.29, 1.82) is 0 Å².